The number of hydrogen-bond acceptors (Lipinski definition) is 6. The van der Waals surface area contributed by atoms with Crippen molar-refractivity contribution in [2.24, 2.45) is 0 Å². The zero-order valence-electron chi connectivity index (χ0n) is 14.3. The van der Waals surface area contributed by atoms with Crippen molar-refractivity contribution in [2.75, 3.05) is 38.0 Å². The molecule has 2 heterocycles. The van der Waals surface area contributed by atoms with E-state index < -0.39 is 4.92 Å². The van der Waals surface area contributed by atoms with Gasteiger partial charge in [0.15, 0.2) is 5.76 Å². The van der Waals surface area contributed by atoms with Gasteiger partial charge in [0, 0.05) is 37.3 Å². The van der Waals surface area contributed by atoms with Gasteiger partial charge in [0.25, 0.3) is 11.6 Å². The van der Waals surface area contributed by atoms with Crippen LogP contribution in [0.15, 0.2) is 41.0 Å². The second-order valence-electron chi connectivity index (χ2n) is 6.01. The molecule has 0 atom stereocenters. The summed E-state index contributed by atoms with van der Waals surface area (Å²) in [6, 6.07) is 7.25. The van der Waals surface area contributed by atoms with Gasteiger partial charge in [-0.25, -0.2) is 0 Å². The van der Waals surface area contributed by atoms with E-state index in [9.17, 15) is 19.7 Å². The molecule has 0 unspecified atom stereocenters. The Morgan fingerprint density at radius 3 is 2.59 bits per heavy atom. The Balaban J connectivity index is 1.54. The van der Waals surface area contributed by atoms with Crippen LogP contribution in [-0.4, -0.2) is 59.3 Å². The SMILES string of the molecule is O=C(CN1CCN(C(=O)c2ccco2)CC1)Nc1cc(Cl)ccc1[N+](=O)[O-]. The minimum Gasteiger partial charge on any atom is -0.459 e. The van der Waals surface area contributed by atoms with E-state index in [4.69, 9.17) is 16.0 Å². The average Bonchev–Trinajstić information content (AvgIpc) is 3.16. The molecule has 0 bridgehead atoms. The fourth-order valence-corrected chi connectivity index (χ4v) is 3.00. The number of piperazine rings is 1. The lowest BCUT2D eigenvalue weighted by Crippen LogP contribution is -2.50. The quantitative estimate of drug-likeness (QED) is 0.617. The molecule has 1 aromatic heterocycles. The standard InChI is InChI=1S/C17H17ClN4O5/c18-12-3-4-14(22(25)26)13(10-12)19-16(23)11-20-5-7-21(8-6-20)17(24)15-2-1-9-27-15/h1-4,9-10H,5-8,11H2,(H,19,23). The number of rotatable bonds is 5. The van der Waals surface area contributed by atoms with Gasteiger partial charge < -0.3 is 14.6 Å². The lowest BCUT2D eigenvalue weighted by atomic mass is 10.2. The minimum absolute atomic E-state index is 0.0594. The smallest absolute Gasteiger partial charge is 0.292 e. The molecule has 142 valence electrons. The van der Waals surface area contributed by atoms with E-state index in [0.29, 0.717) is 31.2 Å². The predicted molar refractivity (Wildman–Crippen MR) is 97.8 cm³/mol. The largest absolute Gasteiger partial charge is 0.459 e. The fraction of sp³-hybridized carbons (Fsp3) is 0.294. The maximum Gasteiger partial charge on any atom is 0.292 e. The monoisotopic (exact) mass is 392 g/mol. The Morgan fingerprint density at radius 2 is 1.96 bits per heavy atom. The van der Waals surface area contributed by atoms with E-state index >= 15 is 0 Å². The summed E-state index contributed by atoms with van der Waals surface area (Å²) in [5, 5.41) is 13.9. The number of benzene rings is 1. The fourth-order valence-electron chi connectivity index (χ4n) is 2.83. The van der Waals surface area contributed by atoms with Crippen molar-refractivity contribution >= 4 is 34.8 Å². The van der Waals surface area contributed by atoms with E-state index in [0.717, 1.165) is 0 Å². The molecule has 0 aliphatic carbocycles. The Bertz CT molecular complexity index is 847. The number of nitro groups is 1. The summed E-state index contributed by atoms with van der Waals surface area (Å²) < 4.78 is 5.11. The summed E-state index contributed by atoms with van der Waals surface area (Å²) in [5.74, 6) is -0.278. The Kier molecular flexibility index (Phi) is 5.72. The molecule has 9 nitrogen and oxygen atoms in total. The van der Waals surface area contributed by atoms with Crippen LogP contribution in [0.3, 0.4) is 0 Å². The number of hydrogen-bond donors (Lipinski definition) is 1. The van der Waals surface area contributed by atoms with E-state index in [-0.39, 0.29) is 35.5 Å². The third kappa shape index (κ3) is 4.63. The molecule has 1 aliphatic heterocycles. The predicted octanol–water partition coefficient (Wildman–Crippen LogP) is 2.24. The number of carbonyl (C=O) groups excluding carboxylic acids is 2. The van der Waals surface area contributed by atoms with Crippen LogP contribution in [0.25, 0.3) is 0 Å². The summed E-state index contributed by atoms with van der Waals surface area (Å²) in [4.78, 5) is 38.5. The van der Waals surface area contributed by atoms with E-state index in [2.05, 4.69) is 5.32 Å². The first kappa shape index (κ1) is 18.9. The third-order valence-corrected chi connectivity index (χ3v) is 4.42. The highest BCUT2D eigenvalue weighted by Gasteiger charge is 2.25. The topological polar surface area (TPSA) is 109 Å². The van der Waals surface area contributed by atoms with Crippen molar-refractivity contribution in [1.82, 2.24) is 9.80 Å². The van der Waals surface area contributed by atoms with E-state index in [1.165, 1.54) is 24.5 Å². The second kappa shape index (κ2) is 8.19. The van der Waals surface area contributed by atoms with Gasteiger partial charge in [0.1, 0.15) is 5.69 Å². The molecule has 1 N–H and O–H groups in total. The van der Waals surface area contributed by atoms with Crippen molar-refractivity contribution in [2.45, 2.75) is 0 Å². The highest BCUT2D eigenvalue weighted by molar-refractivity contribution is 6.31. The molecule has 2 amide bonds. The summed E-state index contributed by atoms with van der Waals surface area (Å²) in [6.07, 6.45) is 1.45. The first-order valence-corrected chi connectivity index (χ1v) is 8.61. The lowest BCUT2D eigenvalue weighted by Gasteiger charge is -2.33. The lowest BCUT2D eigenvalue weighted by molar-refractivity contribution is -0.383. The molecule has 0 spiro atoms. The van der Waals surface area contributed by atoms with Crippen LogP contribution in [-0.2, 0) is 4.79 Å². The number of nitrogens with one attached hydrogen (secondary N) is 1. The molecule has 0 radical (unpaired) electrons. The number of furan rings is 1. The average molecular weight is 393 g/mol. The van der Waals surface area contributed by atoms with Gasteiger partial charge in [-0.3, -0.25) is 24.6 Å². The molecule has 1 saturated heterocycles. The Labute approximate surface area is 159 Å². The second-order valence-corrected chi connectivity index (χ2v) is 6.45. The Hall–Kier alpha value is -2.91. The zero-order valence-corrected chi connectivity index (χ0v) is 15.0. The molecule has 1 fully saturated rings. The molecular weight excluding hydrogens is 376 g/mol. The molecule has 27 heavy (non-hydrogen) atoms. The maximum absolute atomic E-state index is 12.3. The van der Waals surface area contributed by atoms with Crippen LogP contribution >= 0.6 is 11.6 Å². The number of amides is 2. The van der Waals surface area contributed by atoms with Crippen LogP contribution in [0.4, 0.5) is 11.4 Å². The van der Waals surface area contributed by atoms with Gasteiger partial charge in [-0.2, -0.15) is 0 Å². The molecule has 2 aromatic rings. The van der Waals surface area contributed by atoms with Crippen molar-refractivity contribution < 1.29 is 18.9 Å². The summed E-state index contributed by atoms with van der Waals surface area (Å²) in [5.41, 5.74) is -0.161. The van der Waals surface area contributed by atoms with Gasteiger partial charge in [-0.05, 0) is 24.3 Å². The van der Waals surface area contributed by atoms with E-state index in [1.807, 2.05) is 4.90 Å². The van der Waals surface area contributed by atoms with Crippen molar-refractivity contribution in [3.63, 3.8) is 0 Å². The number of halogens is 1. The summed E-state index contributed by atoms with van der Waals surface area (Å²) in [7, 11) is 0. The highest BCUT2D eigenvalue weighted by Crippen LogP contribution is 2.27. The number of nitro benzene ring substituents is 1. The number of anilines is 1. The molecule has 1 aliphatic rings. The molecule has 0 saturated carbocycles. The van der Waals surface area contributed by atoms with Gasteiger partial charge in [0.05, 0.1) is 17.7 Å². The van der Waals surface area contributed by atoms with Gasteiger partial charge >= 0.3 is 0 Å². The normalized spacial score (nSPS) is 14.8. The van der Waals surface area contributed by atoms with Crippen LogP contribution in [0.1, 0.15) is 10.6 Å². The molecule has 1 aromatic carbocycles. The first-order valence-electron chi connectivity index (χ1n) is 8.23. The zero-order chi connectivity index (χ0) is 19.4. The number of carbonyl (C=O) groups is 2. The van der Waals surface area contributed by atoms with Crippen LogP contribution < -0.4 is 5.32 Å². The van der Waals surface area contributed by atoms with Crippen molar-refractivity contribution in [3.05, 3.63) is 57.5 Å². The Morgan fingerprint density at radius 1 is 1.22 bits per heavy atom. The van der Waals surface area contributed by atoms with Crippen LogP contribution in [0, 0.1) is 10.1 Å². The third-order valence-electron chi connectivity index (χ3n) is 4.19. The minimum atomic E-state index is -0.578. The number of nitrogens with zero attached hydrogens (tertiary/aromatic N) is 3. The van der Waals surface area contributed by atoms with E-state index in [1.54, 1.807) is 17.0 Å². The van der Waals surface area contributed by atoms with Gasteiger partial charge in [0.2, 0.25) is 5.91 Å². The van der Waals surface area contributed by atoms with Gasteiger partial charge in [-0.1, -0.05) is 11.6 Å². The highest BCUT2D eigenvalue weighted by atomic mass is 35.5. The molecule has 3 rings (SSSR count). The first-order chi connectivity index (χ1) is 12.9. The summed E-state index contributed by atoms with van der Waals surface area (Å²) in [6.45, 7) is 2.01. The summed E-state index contributed by atoms with van der Waals surface area (Å²) >= 11 is 5.86. The van der Waals surface area contributed by atoms with Gasteiger partial charge in [-0.15, -0.1) is 0 Å². The molecule has 10 heteroatoms. The van der Waals surface area contributed by atoms with Crippen molar-refractivity contribution in [1.29, 1.82) is 0 Å². The maximum atomic E-state index is 12.3. The molecular formula is C17H17ClN4O5. The van der Waals surface area contributed by atoms with Crippen LogP contribution in [0.2, 0.25) is 5.02 Å². The van der Waals surface area contributed by atoms with Crippen molar-refractivity contribution in [3.8, 4) is 0 Å². The van der Waals surface area contributed by atoms with Crippen LogP contribution in [0.5, 0.6) is 0 Å².